The first-order valence-electron chi connectivity index (χ1n) is 8.46. The van der Waals surface area contributed by atoms with E-state index in [1.165, 1.54) is 11.4 Å². The molecule has 0 spiro atoms. The van der Waals surface area contributed by atoms with Gasteiger partial charge < -0.3 is 15.4 Å². The summed E-state index contributed by atoms with van der Waals surface area (Å²) in [5.74, 6) is 0. The number of hydrogen-bond donors (Lipinski definition) is 2. The zero-order valence-electron chi connectivity index (χ0n) is 14.6. The van der Waals surface area contributed by atoms with E-state index in [1.54, 1.807) is 11.3 Å². The lowest BCUT2D eigenvalue weighted by Crippen LogP contribution is -2.46. The van der Waals surface area contributed by atoms with E-state index < -0.39 is 5.60 Å². The molecule has 2 atom stereocenters. The number of carbonyl (C=O) groups excluding carboxylic acids is 1. The third kappa shape index (κ3) is 6.87. The third-order valence-corrected chi connectivity index (χ3v) is 4.86. The van der Waals surface area contributed by atoms with Gasteiger partial charge in [0.2, 0.25) is 0 Å². The standard InChI is InChI=1S/C17H29N3O2S/c1-12-11-23-15(19-12)8-9-18-13-6-5-7-14(10-13)20-16(21)22-17(2,3)4/h11,13-14,18H,5-10H2,1-4H3,(H,20,21). The smallest absolute Gasteiger partial charge is 0.407 e. The number of aryl methyl sites for hydroxylation is 1. The Morgan fingerprint density at radius 3 is 2.78 bits per heavy atom. The molecule has 0 radical (unpaired) electrons. The minimum Gasteiger partial charge on any atom is -0.444 e. The first-order chi connectivity index (χ1) is 10.8. The van der Waals surface area contributed by atoms with Gasteiger partial charge in [0.1, 0.15) is 5.60 Å². The lowest BCUT2D eigenvalue weighted by Gasteiger charge is -2.31. The van der Waals surface area contributed by atoms with E-state index in [4.69, 9.17) is 4.74 Å². The van der Waals surface area contributed by atoms with E-state index in [0.29, 0.717) is 6.04 Å². The van der Waals surface area contributed by atoms with Crippen LogP contribution in [-0.4, -0.2) is 35.3 Å². The fourth-order valence-corrected chi connectivity index (χ4v) is 3.66. The van der Waals surface area contributed by atoms with Gasteiger partial charge in [-0.1, -0.05) is 0 Å². The molecular formula is C17H29N3O2S. The summed E-state index contributed by atoms with van der Waals surface area (Å²) in [6.07, 6.45) is 4.97. The van der Waals surface area contributed by atoms with E-state index in [-0.39, 0.29) is 12.1 Å². The minimum atomic E-state index is -0.442. The van der Waals surface area contributed by atoms with Crippen LogP contribution in [-0.2, 0) is 11.2 Å². The Labute approximate surface area is 143 Å². The summed E-state index contributed by atoms with van der Waals surface area (Å²) < 4.78 is 5.34. The molecule has 6 heteroatoms. The number of carbonyl (C=O) groups is 1. The molecule has 2 N–H and O–H groups in total. The molecule has 1 heterocycles. The van der Waals surface area contributed by atoms with Crippen LogP contribution in [0.2, 0.25) is 0 Å². The Balaban J connectivity index is 1.69. The number of hydrogen-bond acceptors (Lipinski definition) is 5. The molecule has 1 fully saturated rings. The third-order valence-electron chi connectivity index (χ3n) is 3.83. The van der Waals surface area contributed by atoms with Crippen LogP contribution in [0.15, 0.2) is 5.38 Å². The van der Waals surface area contributed by atoms with Gasteiger partial charge in [0.25, 0.3) is 0 Å². The van der Waals surface area contributed by atoms with Crippen molar-refractivity contribution in [2.75, 3.05) is 6.54 Å². The molecule has 1 aliphatic carbocycles. The maximum atomic E-state index is 11.9. The van der Waals surface area contributed by atoms with Gasteiger partial charge in [-0.05, 0) is 53.4 Å². The van der Waals surface area contributed by atoms with Crippen molar-refractivity contribution in [3.05, 3.63) is 16.1 Å². The molecule has 0 bridgehead atoms. The molecule has 2 unspecified atom stereocenters. The summed E-state index contributed by atoms with van der Waals surface area (Å²) >= 11 is 1.73. The SMILES string of the molecule is Cc1csc(CCNC2CCCC(NC(=O)OC(C)(C)C)C2)n1. The van der Waals surface area contributed by atoms with Gasteiger partial charge in [0.05, 0.1) is 5.01 Å². The Kier molecular flexibility index (Phi) is 6.41. The van der Waals surface area contributed by atoms with Gasteiger partial charge in [0.15, 0.2) is 0 Å². The maximum absolute atomic E-state index is 11.9. The van der Waals surface area contributed by atoms with Gasteiger partial charge in [-0.15, -0.1) is 11.3 Å². The van der Waals surface area contributed by atoms with E-state index in [9.17, 15) is 4.79 Å². The predicted molar refractivity (Wildman–Crippen MR) is 94.0 cm³/mol. The van der Waals surface area contributed by atoms with Crippen molar-refractivity contribution in [2.24, 2.45) is 0 Å². The van der Waals surface area contributed by atoms with Crippen molar-refractivity contribution in [3.63, 3.8) is 0 Å². The zero-order valence-corrected chi connectivity index (χ0v) is 15.5. The topological polar surface area (TPSA) is 63.2 Å². The number of alkyl carbamates (subject to hydrolysis) is 1. The van der Waals surface area contributed by atoms with Crippen LogP contribution in [0.4, 0.5) is 4.79 Å². The van der Waals surface area contributed by atoms with E-state index in [0.717, 1.165) is 37.9 Å². The molecule has 0 saturated heterocycles. The molecule has 0 aromatic carbocycles. The first kappa shape index (κ1) is 18.2. The van der Waals surface area contributed by atoms with Crippen LogP contribution in [0.1, 0.15) is 57.2 Å². The normalized spacial score (nSPS) is 21.9. The highest BCUT2D eigenvalue weighted by molar-refractivity contribution is 7.09. The second-order valence-electron chi connectivity index (χ2n) is 7.29. The molecule has 1 saturated carbocycles. The van der Waals surface area contributed by atoms with Crippen LogP contribution >= 0.6 is 11.3 Å². The van der Waals surface area contributed by atoms with Crippen LogP contribution in [0.25, 0.3) is 0 Å². The summed E-state index contributed by atoms with van der Waals surface area (Å²) in [5.41, 5.74) is 0.659. The van der Waals surface area contributed by atoms with Crippen molar-refractivity contribution in [1.29, 1.82) is 0 Å². The molecular weight excluding hydrogens is 310 g/mol. The summed E-state index contributed by atoms with van der Waals surface area (Å²) in [7, 11) is 0. The van der Waals surface area contributed by atoms with Gasteiger partial charge in [-0.2, -0.15) is 0 Å². The summed E-state index contributed by atoms with van der Waals surface area (Å²) in [6.45, 7) is 8.63. The highest BCUT2D eigenvalue weighted by Gasteiger charge is 2.25. The van der Waals surface area contributed by atoms with Gasteiger partial charge in [-0.25, -0.2) is 9.78 Å². The van der Waals surface area contributed by atoms with Crippen molar-refractivity contribution in [2.45, 2.75) is 77.5 Å². The zero-order chi connectivity index (χ0) is 16.9. The molecule has 1 aromatic rings. The summed E-state index contributed by atoms with van der Waals surface area (Å²) in [4.78, 5) is 16.4. The molecule has 0 aliphatic heterocycles. The fourth-order valence-electron chi connectivity index (χ4n) is 2.88. The lowest BCUT2D eigenvalue weighted by molar-refractivity contribution is 0.0489. The van der Waals surface area contributed by atoms with Gasteiger partial charge in [-0.3, -0.25) is 0 Å². The highest BCUT2D eigenvalue weighted by atomic mass is 32.1. The summed E-state index contributed by atoms with van der Waals surface area (Å²) in [6, 6.07) is 0.669. The van der Waals surface area contributed by atoms with Gasteiger partial charge >= 0.3 is 6.09 Å². The molecule has 2 rings (SSSR count). The van der Waals surface area contributed by atoms with Crippen molar-refractivity contribution in [3.8, 4) is 0 Å². The largest absolute Gasteiger partial charge is 0.444 e. The minimum absolute atomic E-state index is 0.207. The fraction of sp³-hybridized carbons (Fsp3) is 0.765. The van der Waals surface area contributed by atoms with Gasteiger partial charge in [0, 0.05) is 36.1 Å². The Morgan fingerprint density at radius 1 is 1.39 bits per heavy atom. The maximum Gasteiger partial charge on any atom is 0.407 e. The van der Waals surface area contributed by atoms with Crippen molar-refractivity contribution in [1.82, 2.24) is 15.6 Å². The number of aromatic nitrogens is 1. The average Bonchev–Trinajstić information content (AvgIpc) is 2.82. The van der Waals surface area contributed by atoms with E-state index in [1.807, 2.05) is 27.7 Å². The van der Waals surface area contributed by atoms with Crippen LogP contribution < -0.4 is 10.6 Å². The quantitative estimate of drug-likeness (QED) is 0.863. The monoisotopic (exact) mass is 339 g/mol. The number of nitrogens with zero attached hydrogens (tertiary/aromatic N) is 1. The van der Waals surface area contributed by atoms with Crippen LogP contribution in [0.5, 0.6) is 0 Å². The predicted octanol–water partition coefficient (Wildman–Crippen LogP) is 3.42. The number of amides is 1. The number of rotatable bonds is 5. The average molecular weight is 340 g/mol. The molecule has 5 nitrogen and oxygen atoms in total. The number of nitrogens with one attached hydrogen (secondary N) is 2. The highest BCUT2D eigenvalue weighted by Crippen LogP contribution is 2.19. The second kappa shape index (κ2) is 8.11. The molecule has 23 heavy (non-hydrogen) atoms. The van der Waals surface area contributed by atoms with Crippen LogP contribution in [0.3, 0.4) is 0 Å². The Morgan fingerprint density at radius 2 is 2.13 bits per heavy atom. The number of ether oxygens (including phenoxy) is 1. The van der Waals surface area contributed by atoms with Crippen molar-refractivity contribution < 1.29 is 9.53 Å². The summed E-state index contributed by atoms with van der Waals surface area (Å²) in [5, 5.41) is 9.89. The lowest BCUT2D eigenvalue weighted by atomic mass is 9.91. The molecule has 1 aliphatic rings. The Bertz CT molecular complexity index is 510. The second-order valence-corrected chi connectivity index (χ2v) is 8.24. The van der Waals surface area contributed by atoms with E-state index in [2.05, 4.69) is 21.0 Å². The van der Waals surface area contributed by atoms with Crippen molar-refractivity contribution >= 4 is 17.4 Å². The van der Waals surface area contributed by atoms with E-state index >= 15 is 0 Å². The first-order valence-corrected chi connectivity index (χ1v) is 9.34. The van der Waals surface area contributed by atoms with Crippen LogP contribution in [0, 0.1) is 6.92 Å². The molecule has 130 valence electrons. The molecule has 1 aromatic heterocycles. The molecule has 1 amide bonds. The number of thiazole rings is 1. The Hall–Kier alpha value is -1.14.